The molecule has 0 spiro atoms. The van der Waals surface area contributed by atoms with Crippen LogP contribution in [0.4, 0.5) is 0 Å². The number of amides is 1. The van der Waals surface area contributed by atoms with Gasteiger partial charge in [-0.15, -0.1) is 0 Å². The third-order valence-corrected chi connectivity index (χ3v) is 11.0. The van der Waals surface area contributed by atoms with Crippen molar-refractivity contribution in [2.24, 2.45) is 28.6 Å². The second kappa shape index (κ2) is 55.2. The van der Waals surface area contributed by atoms with Gasteiger partial charge in [-0.05, 0) is 86.9 Å². The van der Waals surface area contributed by atoms with Crippen LogP contribution in [-0.2, 0) is 57.0 Å². The fourth-order valence-corrected chi connectivity index (χ4v) is 6.63. The molecule has 14 nitrogen and oxygen atoms in total. The number of carbonyl (C=O) groups is 3. The smallest absolute Gasteiger partial charge is 0.222 e. The number of rotatable bonds is 50. The number of carbonyl (C=O) groups excluding carboxylic acids is 3. The van der Waals surface area contributed by atoms with E-state index in [0.717, 1.165) is 95.8 Å². The minimum Gasteiger partial charge on any atom is -0.379 e. The van der Waals surface area contributed by atoms with Gasteiger partial charge in [0.05, 0.1) is 92.5 Å². The van der Waals surface area contributed by atoms with Crippen LogP contribution in [0, 0.1) is 28.6 Å². The van der Waals surface area contributed by atoms with Crippen LogP contribution in [0.25, 0.3) is 0 Å². The Morgan fingerprint density at radius 2 is 0.644 bits per heavy atom. The van der Waals surface area contributed by atoms with Crippen LogP contribution in [0.1, 0.15) is 200 Å². The summed E-state index contributed by atoms with van der Waals surface area (Å²) >= 11 is 0. The SMILES string of the molecule is CC(C)CCCOCCOCCOCCCC(=O)CCCCC(C)(C)C.CC(C)CCCOCCOCCOCCCC(=O)CCCCC(C)(C)C.CC(C)NCCOCCOCCOCCNC(=O)C(C)C. The van der Waals surface area contributed by atoms with E-state index in [4.69, 9.17) is 42.6 Å². The van der Waals surface area contributed by atoms with Crippen molar-refractivity contribution in [1.82, 2.24) is 10.6 Å². The fourth-order valence-electron chi connectivity index (χ4n) is 6.63. The third-order valence-electron chi connectivity index (χ3n) is 11.0. The van der Waals surface area contributed by atoms with Crippen LogP contribution in [0.3, 0.4) is 0 Å². The molecule has 0 aliphatic rings. The maximum absolute atomic E-state index is 11.8. The predicted molar refractivity (Wildman–Crippen MR) is 301 cm³/mol. The highest BCUT2D eigenvalue weighted by atomic mass is 16.6. The fraction of sp³-hybridized carbons (Fsp3) is 0.949. The van der Waals surface area contributed by atoms with Gasteiger partial charge in [0, 0.05) is 77.2 Å². The minimum atomic E-state index is 0.0177. The zero-order chi connectivity index (χ0) is 55.3. The van der Waals surface area contributed by atoms with Gasteiger partial charge in [0.2, 0.25) is 5.91 Å². The molecule has 1 amide bonds. The molecule has 0 bridgehead atoms. The average Bonchev–Trinajstić information content (AvgIpc) is 3.30. The molecule has 0 aliphatic carbocycles. The van der Waals surface area contributed by atoms with Crippen LogP contribution >= 0.6 is 0 Å². The van der Waals surface area contributed by atoms with Gasteiger partial charge in [-0.1, -0.05) is 110 Å². The predicted octanol–water partition coefficient (Wildman–Crippen LogP) is 11.7. The van der Waals surface area contributed by atoms with E-state index in [9.17, 15) is 14.4 Å². The summed E-state index contributed by atoms with van der Waals surface area (Å²) in [5.41, 5.74) is 0.748. The zero-order valence-electron chi connectivity index (χ0n) is 50.2. The van der Waals surface area contributed by atoms with Crippen molar-refractivity contribution in [1.29, 1.82) is 0 Å². The van der Waals surface area contributed by atoms with E-state index < -0.39 is 0 Å². The normalized spacial score (nSPS) is 11.9. The second-order valence-electron chi connectivity index (χ2n) is 23.0. The lowest BCUT2D eigenvalue weighted by Crippen LogP contribution is -2.31. The number of hydrogen-bond donors (Lipinski definition) is 2. The number of hydrogen-bond acceptors (Lipinski definition) is 13. The Kier molecular flexibility index (Phi) is 57.2. The number of unbranched alkanes of at least 4 members (excludes halogenated alkanes) is 2. The topological polar surface area (TPSA) is 158 Å². The average molecular weight is 1050 g/mol. The highest BCUT2D eigenvalue weighted by molar-refractivity contribution is 5.78. The summed E-state index contributed by atoms with van der Waals surface area (Å²) in [6, 6.07) is 0.493. The molecule has 2 N–H and O–H groups in total. The summed E-state index contributed by atoms with van der Waals surface area (Å²) in [6.45, 7) is 43.1. The molecule has 0 aliphatic heterocycles. The van der Waals surface area contributed by atoms with Crippen LogP contribution in [0.5, 0.6) is 0 Å². The second-order valence-corrected chi connectivity index (χ2v) is 23.0. The van der Waals surface area contributed by atoms with Gasteiger partial charge in [0.1, 0.15) is 11.6 Å². The maximum atomic E-state index is 11.8. The standard InChI is InChI=1S/2C22H44O4.C15H32N2O4/c2*1-20(2)10-8-14-24-16-18-26-19-17-25-15-9-12-21(23)11-6-7-13-22(3,4)5;1-13(2)15(18)17-6-8-20-10-12-21-11-9-19-7-5-16-14(3)4/h2*20H,6-19H2,1-5H3;13-14,16H,5-12H2,1-4H3,(H,17,18). The molecule has 0 aromatic carbocycles. The third kappa shape index (κ3) is 74.7. The molecule has 0 saturated heterocycles. The number of ketones is 2. The summed E-state index contributed by atoms with van der Waals surface area (Å²) in [4.78, 5) is 34.8. The van der Waals surface area contributed by atoms with Gasteiger partial charge in [0.25, 0.3) is 0 Å². The van der Waals surface area contributed by atoms with Crippen molar-refractivity contribution in [2.75, 3.05) is 132 Å². The Morgan fingerprint density at radius 1 is 0.356 bits per heavy atom. The van der Waals surface area contributed by atoms with E-state index in [0.29, 0.717) is 154 Å². The molecule has 73 heavy (non-hydrogen) atoms. The molecule has 0 aromatic rings. The quantitative estimate of drug-likeness (QED) is 0.0555. The van der Waals surface area contributed by atoms with Gasteiger partial charge in [0.15, 0.2) is 0 Å². The van der Waals surface area contributed by atoms with Crippen molar-refractivity contribution in [3.8, 4) is 0 Å². The first kappa shape index (κ1) is 75.6. The lowest BCUT2D eigenvalue weighted by molar-refractivity contribution is -0.124. The Balaban J connectivity index is -0.00000101. The Morgan fingerprint density at radius 3 is 0.945 bits per heavy atom. The van der Waals surface area contributed by atoms with Crippen molar-refractivity contribution in [2.45, 2.75) is 206 Å². The molecule has 0 saturated carbocycles. The van der Waals surface area contributed by atoms with E-state index in [-0.39, 0.29) is 11.8 Å². The lowest BCUT2D eigenvalue weighted by atomic mass is 9.89. The molecular weight excluding hydrogens is 929 g/mol. The summed E-state index contributed by atoms with van der Waals surface area (Å²) in [5.74, 6) is 2.30. The van der Waals surface area contributed by atoms with Crippen molar-refractivity contribution < 1.29 is 57.0 Å². The zero-order valence-corrected chi connectivity index (χ0v) is 50.2. The van der Waals surface area contributed by atoms with Gasteiger partial charge in [-0.2, -0.15) is 0 Å². The summed E-state index contributed by atoms with van der Waals surface area (Å²) in [5, 5.41) is 6.07. The molecule has 14 heteroatoms. The maximum Gasteiger partial charge on any atom is 0.222 e. The first-order chi connectivity index (χ1) is 34.7. The van der Waals surface area contributed by atoms with Gasteiger partial charge >= 0.3 is 0 Å². The first-order valence-corrected chi connectivity index (χ1v) is 28.9. The minimum absolute atomic E-state index is 0.0177. The Bertz CT molecular complexity index is 1110. The molecule has 438 valence electrons. The van der Waals surface area contributed by atoms with E-state index in [1.165, 1.54) is 25.7 Å². The van der Waals surface area contributed by atoms with E-state index in [1.54, 1.807) is 0 Å². The molecule has 0 aromatic heterocycles. The van der Waals surface area contributed by atoms with Crippen LogP contribution in [-0.4, -0.2) is 156 Å². The highest BCUT2D eigenvalue weighted by Crippen LogP contribution is 2.23. The molecule has 0 unspecified atom stereocenters. The van der Waals surface area contributed by atoms with Gasteiger partial charge < -0.3 is 53.3 Å². The summed E-state index contributed by atoms with van der Waals surface area (Å²) in [6.07, 6.45) is 15.7. The number of ether oxygens (including phenoxy) is 9. The molecular formula is C59H120N2O12. The largest absolute Gasteiger partial charge is 0.379 e. The van der Waals surface area contributed by atoms with E-state index >= 15 is 0 Å². The van der Waals surface area contributed by atoms with Crippen molar-refractivity contribution in [3.05, 3.63) is 0 Å². The van der Waals surface area contributed by atoms with Crippen LogP contribution < -0.4 is 10.6 Å². The lowest BCUT2D eigenvalue weighted by Gasteiger charge is -2.17. The Labute approximate surface area is 450 Å². The van der Waals surface area contributed by atoms with Crippen molar-refractivity contribution >= 4 is 17.5 Å². The molecule has 0 rings (SSSR count). The number of nitrogens with one attached hydrogen (secondary N) is 2. The monoisotopic (exact) mass is 1050 g/mol. The summed E-state index contributed by atoms with van der Waals surface area (Å²) < 4.78 is 49.1. The van der Waals surface area contributed by atoms with Crippen LogP contribution in [0.2, 0.25) is 0 Å². The van der Waals surface area contributed by atoms with Gasteiger partial charge in [-0.3, -0.25) is 14.4 Å². The molecule has 0 heterocycles. The Hall–Kier alpha value is -1.59. The number of Topliss-reactive ketones (excluding diaryl/α,β-unsaturated/α-hetero) is 2. The van der Waals surface area contributed by atoms with Crippen LogP contribution in [0.15, 0.2) is 0 Å². The van der Waals surface area contributed by atoms with Crippen molar-refractivity contribution in [3.63, 3.8) is 0 Å². The van der Waals surface area contributed by atoms with E-state index in [2.05, 4.69) is 93.7 Å². The van der Waals surface area contributed by atoms with E-state index in [1.807, 2.05) is 13.8 Å². The molecule has 0 atom stereocenters. The first-order valence-electron chi connectivity index (χ1n) is 28.9. The van der Waals surface area contributed by atoms with Gasteiger partial charge in [-0.25, -0.2) is 0 Å². The highest BCUT2D eigenvalue weighted by Gasteiger charge is 2.12. The molecule has 0 radical (unpaired) electrons. The summed E-state index contributed by atoms with van der Waals surface area (Å²) in [7, 11) is 0. The molecule has 0 fully saturated rings.